The molecule has 0 spiro atoms. The van der Waals surface area contributed by atoms with Crippen molar-refractivity contribution in [2.45, 2.75) is 72.5 Å². The second-order valence-corrected chi connectivity index (χ2v) is 7.17. The monoisotopic (exact) mass is 343 g/mol. The van der Waals surface area contributed by atoms with E-state index in [1.807, 2.05) is 34.6 Å². The van der Waals surface area contributed by atoms with Crippen LogP contribution in [0.25, 0.3) is 0 Å². The summed E-state index contributed by atoms with van der Waals surface area (Å²) in [5, 5.41) is 14.5. The number of nitrogens with one attached hydrogen (secondary N) is 2. The van der Waals surface area contributed by atoms with Gasteiger partial charge in [0.05, 0.1) is 6.04 Å². The van der Waals surface area contributed by atoms with Gasteiger partial charge in [0, 0.05) is 0 Å². The van der Waals surface area contributed by atoms with Gasteiger partial charge in [-0.1, -0.05) is 48.0 Å². The van der Waals surface area contributed by atoms with Crippen molar-refractivity contribution in [1.82, 2.24) is 10.6 Å². The first kappa shape index (κ1) is 22.4. The normalized spacial score (nSPS) is 16.4. The molecule has 0 aliphatic rings. The van der Waals surface area contributed by atoms with Crippen LogP contribution in [0.15, 0.2) is 0 Å². The van der Waals surface area contributed by atoms with E-state index in [4.69, 9.17) is 5.73 Å². The third kappa shape index (κ3) is 7.29. The molecule has 0 aromatic rings. The van der Waals surface area contributed by atoms with E-state index in [2.05, 4.69) is 10.6 Å². The minimum Gasteiger partial charge on any atom is -0.480 e. The number of amides is 2. The van der Waals surface area contributed by atoms with Crippen LogP contribution in [-0.2, 0) is 14.4 Å². The van der Waals surface area contributed by atoms with Crippen molar-refractivity contribution < 1.29 is 19.5 Å². The quantitative estimate of drug-likeness (QED) is 0.473. The van der Waals surface area contributed by atoms with E-state index < -0.39 is 35.9 Å². The molecule has 0 radical (unpaired) electrons. The van der Waals surface area contributed by atoms with Crippen molar-refractivity contribution >= 4 is 17.8 Å². The van der Waals surface area contributed by atoms with E-state index in [0.29, 0.717) is 12.8 Å². The van der Waals surface area contributed by atoms with Gasteiger partial charge in [-0.25, -0.2) is 4.79 Å². The van der Waals surface area contributed by atoms with Crippen molar-refractivity contribution in [1.29, 1.82) is 0 Å². The number of hydrogen-bond donors (Lipinski definition) is 4. The average Bonchev–Trinajstić information content (AvgIpc) is 2.48. The Morgan fingerprint density at radius 1 is 1.00 bits per heavy atom. The van der Waals surface area contributed by atoms with Crippen molar-refractivity contribution in [3.63, 3.8) is 0 Å². The molecule has 2 amide bonds. The summed E-state index contributed by atoms with van der Waals surface area (Å²) in [5.74, 6) is -2.07. The fourth-order valence-corrected chi connectivity index (χ4v) is 2.21. The van der Waals surface area contributed by atoms with E-state index in [-0.39, 0.29) is 17.8 Å². The standard InChI is InChI=1S/C17H33N3O4/c1-7-11(6)14(17(23)24)20-15(21)12(8-9(2)3)19-16(22)13(18)10(4)5/h9-14H,7-8,18H2,1-6H3,(H,19,22)(H,20,21)(H,23,24)/t11-,12-,13-,14-/m0/s1. The summed E-state index contributed by atoms with van der Waals surface area (Å²) >= 11 is 0. The zero-order chi connectivity index (χ0) is 19.0. The maximum Gasteiger partial charge on any atom is 0.326 e. The molecular formula is C17H33N3O4. The van der Waals surface area contributed by atoms with Crippen LogP contribution in [0, 0.1) is 17.8 Å². The summed E-state index contributed by atoms with van der Waals surface area (Å²) in [6.07, 6.45) is 1.03. The van der Waals surface area contributed by atoms with Gasteiger partial charge in [0.1, 0.15) is 12.1 Å². The second-order valence-electron chi connectivity index (χ2n) is 7.17. The fourth-order valence-electron chi connectivity index (χ4n) is 2.21. The number of carboxylic acids is 1. The van der Waals surface area contributed by atoms with Crippen LogP contribution in [0.5, 0.6) is 0 Å². The molecule has 5 N–H and O–H groups in total. The number of aliphatic carboxylic acids is 1. The van der Waals surface area contributed by atoms with Crippen LogP contribution in [0.2, 0.25) is 0 Å². The highest BCUT2D eigenvalue weighted by atomic mass is 16.4. The average molecular weight is 343 g/mol. The zero-order valence-corrected chi connectivity index (χ0v) is 15.6. The van der Waals surface area contributed by atoms with Gasteiger partial charge in [-0.15, -0.1) is 0 Å². The Kier molecular flexibility index (Phi) is 9.58. The second kappa shape index (κ2) is 10.3. The summed E-state index contributed by atoms with van der Waals surface area (Å²) in [7, 11) is 0. The topological polar surface area (TPSA) is 122 Å². The Balaban J connectivity index is 5.12. The predicted octanol–water partition coefficient (Wildman–Crippen LogP) is 1.12. The van der Waals surface area contributed by atoms with E-state index in [1.165, 1.54) is 0 Å². The first-order valence-corrected chi connectivity index (χ1v) is 8.60. The van der Waals surface area contributed by atoms with Crippen molar-refractivity contribution in [2.24, 2.45) is 23.5 Å². The third-order valence-corrected chi connectivity index (χ3v) is 4.14. The molecule has 0 aromatic heterocycles. The lowest BCUT2D eigenvalue weighted by molar-refractivity contribution is -0.143. The molecule has 7 nitrogen and oxygen atoms in total. The number of nitrogens with two attached hydrogens (primary N) is 1. The molecule has 0 saturated heterocycles. The molecule has 0 fully saturated rings. The predicted molar refractivity (Wildman–Crippen MR) is 93.2 cm³/mol. The number of hydrogen-bond acceptors (Lipinski definition) is 4. The van der Waals surface area contributed by atoms with Crippen LogP contribution in [0.1, 0.15) is 54.4 Å². The number of carboxylic acid groups (broad SMARTS) is 1. The van der Waals surface area contributed by atoms with Gasteiger partial charge in [0.15, 0.2) is 0 Å². The molecule has 0 rings (SSSR count). The van der Waals surface area contributed by atoms with Crippen LogP contribution in [0.3, 0.4) is 0 Å². The summed E-state index contributed by atoms with van der Waals surface area (Å²) in [4.78, 5) is 36.0. The highest BCUT2D eigenvalue weighted by molar-refractivity contribution is 5.91. The van der Waals surface area contributed by atoms with Gasteiger partial charge in [-0.2, -0.15) is 0 Å². The van der Waals surface area contributed by atoms with Crippen molar-refractivity contribution in [3.05, 3.63) is 0 Å². The summed E-state index contributed by atoms with van der Waals surface area (Å²) in [6.45, 7) is 11.1. The Hall–Kier alpha value is -1.63. The van der Waals surface area contributed by atoms with Gasteiger partial charge in [0.25, 0.3) is 0 Å². The maximum atomic E-state index is 12.5. The molecule has 24 heavy (non-hydrogen) atoms. The molecule has 0 aliphatic heterocycles. The number of rotatable bonds is 10. The van der Waals surface area contributed by atoms with Crippen molar-refractivity contribution in [2.75, 3.05) is 0 Å². The Morgan fingerprint density at radius 3 is 1.92 bits per heavy atom. The smallest absolute Gasteiger partial charge is 0.326 e. The van der Waals surface area contributed by atoms with E-state index in [9.17, 15) is 19.5 Å². The first-order chi connectivity index (χ1) is 11.0. The van der Waals surface area contributed by atoms with Crippen LogP contribution in [-0.4, -0.2) is 41.0 Å². The molecule has 0 heterocycles. The van der Waals surface area contributed by atoms with Gasteiger partial charge >= 0.3 is 5.97 Å². The lowest BCUT2D eigenvalue weighted by atomic mass is 9.97. The molecule has 0 saturated carbocycles. The van der Waals surface area contributed by atoms with Crippen molar-refractivity contribution in [3.8, 4) is 0 Å². The fraction of sp³-hybridized carbons (Fsp3) is 0.824. The van der Waals surface area contributed by atoms with Crippen LogP contribution >= 0.6 is 0 Å². The first-order valence-electron chi connectivity index (χ1n) is 8.60. The Bertz CT molecular complexity index is 438. The Morgan fingerprint density at radius 2 is 1.54 bits per heavy atom. The van der Waals surface area contributed by atoms with E-state index in [1.54, 1.807) is 6.92 Å². The largest absolute Gasteiger partial charge is 0.480 e. The lowest BCUT2D eigenvalue weighted by Gasteiger charge is -2.26. The molecule has 140 valence electrons. The summed E-state index contributed by atoms with van der Waals surface area (Å²) in [6, 6.07) is -2.49. The van der Waals surface area contributed by atoms with Gasteiger partial charge < -0.3 is 21.5 Å². The summed E-state index contributed by atoms with van der Waals surface area (Å²) in [5.41, 5.74) is 5.82. The SMILES string of the molecule is CC[C@H](C)[C@H](NC(=O)[C@H](CC(C)C)NC(=O)[C@@H](N)C(C)C)C(=O)O. The van der Waals surface area contributed by atoms with Gasteiger partial charge in [-0.3, -0.25) is 9.59 Å². The zero-order valence-electron chi connectivity index (χ0n) is 15.6. The number of carbonyl (C=O) groups excluding carboxylic acids is 2. The minimum atomic E-state index is -1.08. The summed E-state index contributed by atoms with van der Waals surface area (Å²) < 4.78 is 0. The van der Waals surface area contributed by atoms with Crippen LogP contribution < -0.4 is 16.4 Å². The highest BCUT2D eigenvalue weighted by Crippen LogP contribution is 2.11. The lowest BCUT2D eigenvalue weighted by Crippen LogP contribution is -2.56. The molecule has 0 aliphatic carbocycles. The minimum absolute atomic E-state index is 0.0559. The van der Waals surface area contributed by atoms with Gasteiger partial charge in [0.2, 0.25) is 11.8 Å². The molecule has 0 aromatic carbocycles. The molecule has 0 bridgehead atoms. The van der Waals surface area contributed by atoms with Crippen LogP contribution in [0.4, 0.5) is 0 Å². The van der Waals surface area contributed by atoms with Gasteiger partial charge in [-0.05, 0) is 24.2 Å². The third-order valence-electron chi connectivity index (χ3n) is 4.14. The van der Waals surface area contributed by atoms with E-state index >= 15 is 0 Å². The number of carbonyl (C=O) groups is 3. The van der Waals surface area contributed by atoms with E-state index in [0.717, 1.165) is 0 Å². The highest BCUT2D eigenvalue weighted by Gasteiger charge is 2.31. The molecule has 0 unspecified atom stereocenters. The maximum absolute atomic E-state index is 12.5. The molecular weight excluding hydrogens is 310 g/mol. The Labute approximate surface area is 144 Å². The molecule has 7 heteroatoms. The molecule has 4 atom stereocenters.